The molecule has 2 aliphatic heterocycles. The molecule has 0 aromatic carbocycles. The molecule has 2 aliphatic rings. The van der Waals surface area contributed by atoms with Gasteiger partial charge in [0.05, 0.1) is 25.5 Å². The van der Waals surface area contributed by atoms with Gasteiger partial charge in [-0.2, -0.15) is 0 Å². The van der Waals surface area contributed by atoms with Crippen molar-refractivity contribution in [2.75, 3.05) is 32.1 Å². The van der Waals surface area contributed by atoms with E-state index in [4.69, 9.17) is 4.74 Å². The molecule has 8 nitrogen and oxygen atoms in total. The summed E-state index contributed by atoms with van der Waals surface area (Å²) in [5.74, 6) is 0.106. The van der Waals surface area contributed by atoms with Gasteiger partial charge in [0.25, 0.3) is 0 Å². The minimum absolute atomic E-state index is 0.0372. The number of amides is 3. The second-order valence-corrected chi connectivity index (χ2v) is 8.51. The summed E-state index contributed by atoms with van der Waals surface area (Å²) in [4.78, 5) is 39.2. The summed E-state index contributed by atoms with van der Waals surface area (Å²) >= 11 is 2.93. The summed E-state index contributed by atoms with van der Waals surface area (Å²) in [6.07, 6.45) is 0.480. The SMILES string of the molecule is O=C(CC1CC(=O)NC(SCC(=O)N2CCOCC2)N1)NCc1cccs1. The molecule has 0 radical (unpaired) electrons. The molecule has 1 aromatic heterocycles. The molecule has 10 heteroatoms. The van der Waals surface area contributed by atoms with Crippen molar-refractivity contribution in [1.29, 1.82) is 0 Å². The Morgan fingerprint density at radius 1 is 1.37 bits per heavy atom. The minimum atomic E-state index is -0.369. The van der Waals surface area contributed by atoms with E-state index in [0.717, 1.165) is 4.88 Å². The van der Waals surface area contributed by atoms with Crippen LogP contribution in [0.3, 0.4) is 0 Å². The summed E-state index contributed by atoms with van der Waals surface area (Å²) in [6.45, 7) is 2.85. The van der Waals surface area contributed by atoms with E-state index < -0.39 is 0 Å². The second kappa shape index (κ2) is 10.1. The molecule has 3 amide bonds. The largest absolute Gasteiger partial charge is 0.378 e. The number of hydrogen-bond donors (Lipinski definition) is 3. The van der Waals surface area contributed by atoms with Gasteiger partial charge in [0.1, 0.15) is 5.50 Å². The number of thioether (sulfide) groups is 1. The summed E-state index contributed by atoms with van der Waals surface area (Å²) < 4.78 is 5.25. The third-order valence-corrected chi connectivity index (χ3v) is 6.20. The second-order valence-electron chi connectivity index (χ2n) is 6.38. The Bertz CT molecular complexity index is 649. The van der Waals surface area contributed by atoms with Gasteiger partial charge in [-0.1, -0.05) is 6.07 Å². The third-order valence-electron chi connectivity index (χ3n) is 4.32. The highest BCUT2D eigenvalue weighted by Crippen LogP contribution is 2.15. The van der Waals surface area contributed by atoms with Crippen LogP contribution in [-0.4, -0.2) is 66.2 Å². The lowest BCUT2D eigenvalue weighted by Gasteiger charge is -2.32. The van der Waals surface area contributed by atoms with Crippen molar-refractivity contribution in [3.63, 3.8) is 0 Å². The normalized spacial score (nSPS) is 23.0. The van der Waals surface area contributed by atoms with Crippen molar-refractivity contribution in [2.24, 2.45) is 0 Å². The van der Waals surface area contributed by atoms with Crippen LogP contribution >= 0.6 is 23.1 Å². The standard InChI is InChI=1S/C17H24N4O4S2/c22-14(18-10-13-2-1-7-26-13)8-12-9-15(23)20-17(19-12)27-11-16(24)21-3-5-25-6-4-21/h1-2,7,12,17,19H,3-6,8-11H2,(H,18,22)(H,20,23). The fraction of sp³-hybridized carbons (Fsp3) is 0.588. The molecule has 0 spiro atoms. The van der Waals surface area contributed by atoms with Crippen molar-refractivity contribution < 1.29 is 19.1 Å². The fourth-order valence-electron chi connectivity index (χ4n) is 2.92. The third kappa shape index (κ3) is 6.49. The van der Waals surface area contributed by atoms with Crippen LogP contribution in [0.25, 0.3) is 0 Å². The first-order valence-electron chi connectivity index (χ1n) is 8.92. The molecule has 3 N–H and O–H groups in total. The van der Waals surface area contributed by atoms with Gasteiger partial charge in [0.2, 0.25) is 17.7 Å². The summed E-state index contributed by atoms with van der Waals surface area (Å²) in [5.41, 5.74) is -0.369. The summed E-state index contributed by atoms with van der Waals surface area (Å²) in [5, 5.41) is 10.9. The first-order chi connectivity index (χ1) is 13.1. The number of rotatable bonds is 7. The van der Waals surface area contributed by atoms with Crippen molar-refractivity contribution in [2.45, 2.75) is 30.9 Å². The summed E-state index contributed by atoms with van der Waals surface area (Å²) in [6, 6.07) is 3.67. The molecule has 0 saturated carbocycles. The zero-order chi connectivity index (χ0) is 19.1. The van der Waals surface area contributed by atoms with Crippen molar-refractivity contribution >= 4 is 40.8 Å². The maximum Gasteiger partial charge on any atom is 0.232 e. The lowest BCUT2D eigenvalue weighted by molar-refractivity contribution is -0.132. The van der Waals surface area contributed by atoms with Crippen LogP contribution < -0.4 is 16.0 Å². The van der Waals surface area contributed by atoms with E-state index >= 15 is 0 Å². The van der Waals surface area contributed by atoms with Crippen LogP contribution in [-0.2, 0) is 25.7 Å². The highest BCUT2D eigenvalue weighted by Gasteiger charge is 2.28. The molecule has 0 bridgehead atoms. The number of ether oxygens (including phenoxy) is 1. The lowest BCUT2D eigenvalue weighted by atomic mass is 10.1. The highest BCUT2D eigenvalue weighted by atomic mass is 32.2. The molecule has 148 valence electrons. The molecule has 27 heavy (non-hydrogen) atoms. The van der Waals surface area contributed by atoms with Gasteiger partial charge in [-0.15, -0.1) is 23.1 Å². The van der Waals surface area contributed by atoms with Crippen molar-refractivity contribution in [1.82, 2.24) is 20.9 Å². The maximum atomic E-state index is 12.2. The molecule has 3 heterocycles. The molecule has 2 unspecified atom stereocenters. The van der Waals surface area contributed by atoms with Crippen LogP contribution in [0, 0.1) is 0 Å². The van der Waals surface area contributed by atoms with E-state index in [1.165, 1.54) is 11.8 Å². The number of carbonyl (C=O) groups excluding carboxylic acids is 3. The Morgan fingerprint density at radius 2 is 2.19 bits per heavy atom. The smallest absolute Gasteiger partial charge is 0.232 e. The average molecular weight is 413 g/mol. The number of carbonyl (C=O) groups is 3. The zero-order valence-electron chi connectivity index (χ0n) is 14.9. The Morgan fingerprint density at radius 3 is 2.93 bits per heavy atom. The first-order valence-corrected chi connectivity index (χ1v) is 10.8. The quantitative estimate of drug-likeness (QED) is 0.588. The van der Waals surface area contributed by atoms with Gasteiger partial charge in [-0.25, -0.2) is 0 Å². The summed E-state index contributed by atoms with van der Waals surface area (Å²) in [7, 11) is 0. The monoisotopic (exact) mass is 412 g/mol. The lowest BCUT2D eigenvalue weighted by Crippen LogP contribution is -2.56. The molecule has 3 rings (SSSR count). The van der Waals surface area contributed by atoms with Gasteiger partial charge in [0, 0.05) is 36.9 Å². The Balaban J connectivity index is 1.40. The zero-order valence-corrected chi connectivity index (χ0v) is 16.6. The predicted octanol–water partition coefficient (Wildman–Crippen LogP) is 0.108. The van der Waals surface area contributed by atoms with E-state index in [-0.39, 0.29) is 47.9 Å². The molecule has 0 aliphatic carbocycles. The maximum absolute atomic E-state index is 12.2. The van der Waals surface area contributed by atoms with Crippen LogP contribution in [0.1, 0.15) is 17.7 Å². The molecular weight excluding hydrogens is 388 g/mol. The van der Waals surface area contributed by atoms with Gasteiger partial charge < -0.3 is 20.3 Å². The van der Waals surface area contributed by atoms with E-state index in [9.17, 15) is 14.4 Å². The molecule has 2 atom stereocenters. The van der Waals surface area contributed by atoms with E-state index in [2.05, 4.69) is 16.0 Å². The van der Waals surface area contributed by atoms with E-state index in [1.54, 1.807) is 16.2 Å². The Labute approximate surface area is 166 Å². The van der Waals surface area contributed by atoms with Gasteiger partial charge in [-0.3, -0.25) is 19.7 Å². The van der Waals surface area contributed by atoms with E-state index in [0.29, 0.717) is 32.8 Å². The predicted molar refractivity (Wildman–Crippen MR) is 104 cm³/mol. The average Bonchev–Trinajstić information content (AvgIpc) is 3.18. The Hall–Kier alpha value is -1.62. The van der Waals surface area contributed by atoms with Crippen molar-refractivity contribution in [3.8, 4) is 0 Å². The molecule has 2 saturated heterocycles. The van der Waals surface area contributed by atoms with Gasteiger partial charge in [0.15, 0.2) is 0 Å². The molecular formula is C17H24N4O4S2. The van der Waals surface area contributed by atoms with Crippen molar-refractivity contribution in [3.05, 3.63) is 22.4 Å². The van der Waals surface area contributed by atoms with E-state index in [1.807, 2.05) is 17.5 Å². The number of morpholine rings is 1. The number of thiophene rings is 1. The van der Waals surface area contributed by atoms with Crippen LogP contribution in [0.2, 0.25) is 0 Å². The highest BCUT2D eigenvalue weighted by molar-refractivity contribution is 8.00. The Kier molecular flexibility index (Phi) is 7.50. The van der Waals surface area contributed by atoms with Crippen LogP contribution in [0.4, 0.5) is 0 Å². The first kappa shape index (κ1) is 20.1. The number of nitrogens with one attached hydrogen (secondary N) is 3. The van der Waals surface area contributed by atoms with Crippen LogP contribution in [0.15, 0.2) is 17.5 Å². The van der Waals surface area contributed by atoms with Crippen LogP contribution in [0.5, 0.6) is 0 Å². The van der Waals surface area contributed by atoms with Gasteiger partial charge in [-0.05, 0) is 11.4 Å². The van der Waals surface area contributed by atoms with Gasteiger partial charge >= 0.3 is 0 Å². The molecule has 2 fully saturated rings. The topological polar surface area (TPSA) is 99.8 Å². The minimum Gasteiger partial charge on any atom is -0.378 e. The number of hydrogen-bond acceptors (Lipinski definition) is 7. The molecule has 1 aromatic rings. The fourth-order valence-corrected chi connectivity index (χ4v) is 4.56. The number of nitrogens with zero attached hydrogens (tertiary/aromatic N) is 1.